The average Bonchev–Trinajstić information content (AvgIpc) is 3.05. The van der Waals surface area contributed by atoms with Gasteiger partial charge in [0.15, 0.2) is 0 Å². The second kappa shape index (κ2) is 7.99. The highest BCUT2D eigenvalue weighted by Crippen LogP contribution is 2.29. The van der Waals surface area contributed by atoms with Crippen LogP contribution in [0, 0.1) is 6.92 Å². The molecule has 1 N–H and O–H groups in total. The normalized spacial score (nSPS) is 11.0. The summed E-state index contributed by atoms with van der Waals surface area (Å²) in [6.07, 6.45) is 1.49. The number of nitrogens with one attached hydrogen (secondary N) is 1. The maximum Gasteiger partial charge on any atom is 0.266 e. The van der Waals surface area contributed by atoms with E-state index in [1.165, 1.54) is 22.2 Å². The molecule has 0 unspecified atom stereocenters. The monoisotopic (exact) mass is 443 g/mol. The number of amides is 1. The largest absolute Gasteiger partial charge is 0.320 e. The number of thiophene rings is 1. The molecule has 0 atom stereocenters. The van der Waals surface area contributed by atoms with E-state index in [1.807, 2.05) is 18.2 Å². The van der Waals surface area contributed by atoms with E-state index in [4.69, 9.17) is 23.2 Å². The predicted molar refractivity (Wildman–Crippen MR) is 119 cm³/mol. The highest BCUT2D eigenvalue weighted by atomic mass is 35.5. The molecule has 8 heteroatoms. The van der Waals surface area contributed by atoms with E-state index in [0.717, 1.165) is 5.56 Å². The molecule has 0 saturated heterocycles. The number of anilines is 1. The smallest absolute Gasteiger partial charge is 0.266 e. The van der Waals surface area contributed by atoms with Crippen molar-refractivity contribution in [1.82, 2.24) is 9.55 Å². The van der Waals surface area contributed by atoms with E-state index < -0.39 is 0 Å². The number of aryl methyl sites for hydroxylation is 1. The number of carbonyl (C=O) groups excluding carboxylic acids is 1. The molecule has 0 radical (unpaired) electrons. The Hall–Kier alpha value is -2.67. The lowest BCUT2D eigenvalue weighted by Crippen LogP contribution is -2.21. The fourth-order valence-corrected chi connectivity index (χ4v) is 4.45. The molecule has 2 heterocycles. The first-order valence-corrected chi connectivity index (χ1v) is 10.3. The third-order valence-electron chi connectivity index (χ3n) is 4.54. The molecular weight excluding hydrogens is 429 g/mol. The van der Waals surface area contributed by atoms with Gasteiger partial charge in [-0.05, 0) is 36.2 Å². The molecule has 4 aromatic rings. The predicted octanol–water partition coefficient (Wildman–Crippen LogP) is 5.37. The van der Waals surface area contributed by atoms with E-state index in [1.54, 1.807) is 37.3 Å². The van der Waals surface area contributed by atoms with Crippen molar-refractivity contribution in [3.05, 3.63) is 91.3 Å². The Morgan fingerprint density at radius 1 is 1.10 bits per heavy atom. The van der Waals surface area contributed by atoms with Crippen molar-refractivity contribution in [2.75, 3.05) is 5.32 Å². The summed E-state index contributed by atoms with van der Waals surface area (Å²) in [7, 11) is 0. The number of carbonyl (C=O) groups is 1. The van der Waals surface area contributed by atoms with Crippen molar-refractivity contribution in [1.29, 1.82) is 0 Å². The average molecular weight is 444 g/mol. The quantitative estimate of drug-likeness (QED) is 0.460. The number of hydrogen-bond acceptors (Lipinski definition) is 4. The van der Waals surface area contributed by atoms with Crippen LogP contribution in [-0.2, 0) is 6.54 Å². The zero-order chi connectivity index (χ0) is 20.5. The van der Waals surface area contributed by atoms with E-state index in [-0.39, 0.29) is 11.5 Å². The number of fused-ring (bicyclic) bond motifs is 1. The Labute approximate surface area is 180 Å². The summed E-state index contributed by atoms with van der Waals surface area (Å²) < 4.78 is 1.50. The third kappa shape index (κ3) is 3.79. The number of para-hydroxylation sites is 1. The molecule has 0 aliphatic heterocycles. The summed E-state index contributed by atoms with van der Waals surface area (Å²) >= 11 is 13.5. The van der Waals surface area contributed by atoms with E-state index in [2.05, 4.69) is 10.3 Å². The minimum absolute atomic E-state index is 0.208. The molecule has 2 aromatic heterocycles. The Bertz CT molecular complexity index is 1300. The number of halogens is 2. The van der Waals surface area contributed by atoms with Gasteiger partial charge in [-0.1, -0.05) is 53.5 Å². The molecule has 5 nitrogen and oxygen atoms in total. The van der Waals surface area contributed by atoms with Crippen molar-refractivity contribution in [3.8, 4) is 0 Å². The molecular formula is C21H15Cl2N3O2S. The van der Waals surface area contributed by atoms with Crippen LogP contribution in [0.2, 0.25) is 10.0 Å². The third-order valence-corrected chi connectivity index (χ3v) is 6.44. The number of rotatable bonds is 4. The first-order valence-electron chi connectivity index (χ1n) is 8.73. The highest BCUT2D eigenvalue weighted by Gasteiger charge is 2.20. The van der Waals surface area contributed by atoms with Gasteiger partial charge in [0.2, 0.25) is 0 Å². The van der Waals surface area contributed by atoms with E-state index >= 15 is 0 Å². The highest BCUT2D eigenvalue weighted by molar-refractivity contribution is 7.20. The lowest BCUT2D eigenvalue weighted by atomic mass is 10.2. The molecule has 0 aliphatic carbocycles. The van der Waals surface area contributed by atoms with Crippen LogP contribution in [0.15, 0.2) is 59.7 Å². The molecule has 146 valence electrons. The van der Waals surface area contributed by atoms with Crippen molar-refractivity contribution in [3.63, 3.8) is 0 Å². The van der Waals surface area contributed by atoms with Crippen LogP contribution in [-0.4, -0.2) is 15.5 Å². The SMILES string of the molecule is Cc1c(C(=O)Nc2ccccc2Cl)sc2ncn(Cc3ccccc3Cl)c(=O)c12. The van der Waals surface area contributed by atoms with Crippen LogP contribution < -0.4 is 10.9 Å². The summed E-state index contributed by atoms with van der Waals surface area (Å²) in [6, 6.07) is 14.3. The van der Waals surface area contributed by atoms with Crippen LogP contribution in [0.4, 0.5) is 5.69 Å². The van der Waals surface area contributed by atoms with Crippen LogP contribution >= 0.6 is 34.5 Å². The number of aromatic nitrogens is 2. The van der Waals surface area contributed by atoms with Crippen molar-refractivity contribution in [2.24, 2.45) is 0 Å². The first-order chi connectivity index (χ1) is 14.0. The van der Waals surface area contributed by atoms with Gasteiger partial charge in [0.05, 0.1) is 33.8 Å². The van der Waals surface area contributed by atoms with Crippen LogP contribution in [0.5, 0.6) is 0 Å². The van der Waals surface area contributed by atoms with Gasteiger partial charge in [-0.2, -0.15) is 0 Å². The lowest BCUT2D eigenvalue weighted by Gasteiger charge is -2.07. The minimum atomic E-state index is -0.323. The fraction of sp³-hybridized carbons (Fsp3) is 0.0952. The summed E-state index contributed by atoms with van der Waals surface area (Å²) in [5.41, 5.74) is 1.73. The maximum atomic E-state index is 13.0. The number of hydrogen-bond donors (Lipinski definition) is 1. The van der Waals surface area contributed by atoms with Crippen molar-refractivity contribution >= 4 is 56.3 Å². The zero-order valence-electron chi connectivity index (χ0n) is 15.3. The van der Waals surface area contributed by atoms with Crippen molar-refractivity contribution in [2.45, 2.75) is 13.5 Å². The minimum Gasteiger partial charge on any atom is -0.320 e. The summed E-state index contributed by atoms with van der Waals surface area (Å²) in [5.74, 6) is -0.323. The van der Waals surface area contributed by atoms with Gasteiger partial charge in [-0.15, -0.1) is 11.3 Å². The molecule has 0 spiro atoms. The first kappa shape index (κ1) is 19.6. The van der Waals surface area contributed by atoms with Gasteiger partial charge in [0.1, 0.15) is 4.83 Å². The Balaban J connectivity index is 1.71. The van der Waals surface area contributed by atoms with E-state index in [9.17, 15) is 9.59 Å². The fourth-order valence-electron chi connectivity index (χ4n) is 3.04. The Morgan fingerprint density at radius 3 is 2.52 bits per heavy atom. The van der Waals surface area contributed by atoms with Gasteiger partial charge in [-0.25, -0.2) is 4.98 Å². The molecule has 0 aliphatic rings. The number of benzene rings is 2. The molecule has 4 rings (SSSR count). The Kier molecular flexibility index (Phi) is 5.41. The van der Waals surface area contributed by atoms with Gasteiger partial charge in [0.25, 0.3) is 11.5 Å². The Morgan fingerprint density at radius 2 is 1.79 bits per heavy atom. The topological polar surface area (TPSA) is 64.0 Å². The lowest BCUT2D eigenvalue weighted by molar-refractivity contribution is 0.103. The van der Waals surface area contributed by atoms with E-state index in [0.29, 0.717) is 42.9 Å². The van der Waals surface area contributed by atoms with Gasteiger partial charge >= 0.3 is 0 Å². The van der Waals surface area contributed by atoms with Crippen LogP contribution in [0.1, 0.15) is 20.8 Å². The second-order valence-corrected chi connectivity index (χ2v) is 8.25. The van der Waals surface area contributed by atoms with Crippen LogP contribution in [0.3, 0.4) is 0 Å². The summed E-state index contributed by atoms with van der Waals surface area (Å²) in [4.78, 5) is 31.2. The standard InChI is InChI=1S/C21H15Cl2N3O2S/c1-12-17-20(29-18(12)19(27)25-16-9-5-4-8-15(16)23)24-11-26(21(17)28)10-13-6-2-3-7-14(13)22/h2-9,11H,10H2,1H3,(H,25,27). The molecule has 0 saturated carbocycles. The van der Waals surface area contributed by atoms with Gasteiger partial charge in [0, 0.05) is 5.02 Å². The molecule has 2 aromatic carbocycles. The van der Waals surface area contributed by atoms with Gasteiger partial charge in [-0.3, -0.25) is 14.2 Å². The number of nitrogens with zero attached hydrogens (tertiary/aromatic N) is 2. The zero-order valence-corrected chi connectivity index (χ0v) is 17.6. The molecule has 0 bridgehead atoms. The summed E-state index contributed by atoms with van der Waals surface area (Å²) in [6.45, 7) is 2.06. The summed E-state index contributed by atoms with van der Waals surface area (Å²) in [5, 5.41) is 4.26. The second-order valence-electron chi connectivity index (χ2n) is 6.44. The molecule has 29 heavy (non-hydrogen) atoms. The molecule has 1 amide bonds. The van der Waals surface area contributed by atoms with Crippen molar-refractivity contribution < 1.29 is 4.79 Å². The van der Waals surface area contributed by atoms with Crippen LogP contribution in [0.25, 0.3) is 10.2 Å². The van der Waals surface area contributed by atoms with Gasteiger partial charge < -0.3 is 5.32 Å². The molecule has 0 fully saturated rings. The maximum absolute atomic E-state index is 13.0.